The fraction of sp³-hybridized carbons (Fsp3) is 0.615. The van der Waals surface area contributed by atoms with Crippen LogP contribution in [0.2, 0.25) is 0 Å². The van der Waals surface area contributed by atoms with Gasteiger partial charge >= 0.3 is 0 Å². The van der Waals surface area contributed by atoms with Gasteiger partial charge in [-0.1, -0.05) is 19.3 Å². The molecular weight excluding hydrogens is 264 g/mol. The molecule has 1 aliphatic carbocycles. The summed E-state index contributed by atoms with van der Waals surface area (Å²) in [4.78, 5) is 6.84. The first-order valence-electron chi connectivity index (χ1n) is 6.03. The van der Waals surface area contributed by atoms with Crippen LogP contribution in [0.15, 0.2) is 16.7 Å². The number of aryl methyl sites for hydroxylation is 1. The van der Waals surface area contributed by atoms with Crippen LogP contribution < -0.4 is 4.90 Å². The van der Waals surface area contributed by atoms with Crippen molar-refractivity contribution < 1.29 is 0 Å². The number of anilines is 1. The monoisotopic (exact) mass is 282 g/mol. The van der Waals surface area contributed by atoms with Crippen LogP contribution in [0.5, 0.6) is 0 Å². The number of pyridine rings is 1. The summed E-state index contributed by atoms with van der Waals surface area (Å²) < 4.78 is 1.09. The molecule has 2 rings (SSSR count). The molecule has 1 aromatic heterocycles. The Morgan fingerprint density at radius 3 is 2.62 bits per heavy atom. The van der Waals surface area contributed by atoms with Gasteiger partial charge in [-0.3, -0.25) is 0 Å². The molecule has 0 bridgehead atoms. The van der Waals surface area contributed by atoms with Crippen molar-refractivity contribution in [3.63, 3.8) is 0 Å². The number of hydrogen-bond acceptors (Lipinski definition) is 2. The van der Waals surface area contributed by atoms with E-state index in [1.54, 1.807) is 0 Å². The van der Waals surface area contributed by atoms with Gasteiger partial charge < -0.3 is 4.90 Å². The summed E-state index contributed by atoms with van der Waals surface area (Å²) in [6.45, 7) is 2.12. The van der Waals surface area contributed by atoms with Crippen LogP contribution in [0, 0.1) is 6.92 Å². The highest BCUT2D eigenvalue weighted by atomic mass is 79.9. The van der Waals surface area contributed by atoms with Crippen LogP contribution in [-0.2, 0) is 0 Å². The summed E-state index contributed by atoms with van der Waals surface area (Å²) in [5.74, 6) is 1.10. The SMILES string of the molecule is Cc1cc(N(C)C2CCCCC2)ncc1Br. The van der Waals surface area contributed by atoms with E-state index in [1.165, 1.54) is 37.7 Å². The van der Waals surface area contributed by atoms with Gasteiger partial charge in [0.15, 0.2) is 0 Å². The van der Waals surface area contributed by atoms with E-state index >= 15 is 0 Å². The molecule has 88 valence electrons. The van der Waals surface area contributed by atoms with Gasteiger partial charge in [-0.15, -0.1) is 0 Å². The van der Waals surface area contributed by atoms with Crippen molar-refractivity contribution >= 4 is 21.7 Å². The fourth-order valence-electron chi connectivity index (χ4n) is 2.37. The summed E-state index contributed by atoms with van der Waals surface area (Å²) in [5, 5.41) is 0. The lowest BCUT2D eigenvalue weighted by Crippen LogP contribution is -2.33. The molecule has 3 heteroatoms. The molecule has 0 aromatic carbocycles. The maximum absolute atomic E-state index is 4.49. The largest absolute Gasteiger partial charge is 0.357 e. The number of hydrogen-bond donors (Lipinski definition) is 0. The predicted octanol–water partition coefficient (Wildman–Crippen LogP) is 3.92. The van der Waals surface area contributed by atoms with Gasteiger partial charge in [0.1, 0.15) is 5.82 Å². The molecule has 0 radical (unpaired) electrons. The lowest BCUT2D eigenvalue weighted by molar-refractivity contribution is 0.426. The van der Waals surface area contributed by atoms with Crippen molar-refractivity contribution in [3.8, 4) is 0 Å². The Morgan fingerprint density at radius 1 is 1.31 bits per heavy atom. The summed E-state index contributed by atoms with van der Waals surface area (Å²) >= 11 is 3.49. The quantitative estimate of drug-likeness (QED) is 0.817. The second kappa shape index (κ2) is 5.17. The minimum absolute atomic E-state index is 0.682. The lowest BCUT2D eigenvalue weighted by Gasteiger charge is -2.32. The van der Waals surface area contributed by atoms with E-state index in [1.807, 2.05) is 6.20 Å². The van der Waals surface area contributed by atoms with E-state index < -0.39 is 0 Å². The van der Waals surface area contributed by atoms with Gasteiger partial charge in [0.05, 0.1) is 0 Å². The number of aromatic nitrogens is 1. The van der Waals surface area contributed by atoms with E-state index in [2.05, 4.69) is 45.9 Å². The molecule has 1 aliphatic rings. The Balaban J connectivity index is 2.12. The first-order valence-corrected chi connectivity index (χ1v) is 6.83. The third-order valence-electron chi connectivity index (χ3n) is 3.52. The van der Waals surface area contributed by atoms with Crippen LogP contribution >= 0.6 is 15.9 Å². The molecule has 16 heavy (non-hydrogen) atoms. The first-order chi connectivity index (χ1) is 7.68. The average molecular weight is 283 g/mol. The topological polar surface area (TPSA) is 16.1 Å². The van der Waals surface area contributed by atoms with E-state index in [-0.39, 0.29) is 0 Å². The molecule has 0 atom stereocenters. The van der Waals surface area contributed by atoms with E-state index in [0.29, 0.717) is 6.04 Å². The predicted molar refractivity (Wildman–Crippen MR) is 72.0 cm³/mol. The second-order valence-corrected chi connectivity index (χ2v) is 5.55. The Hall–Kier alpha value is -0.570. The standard InChI is InChI=1S/C13H19BrN2/c1-10-8-13(15-9-12(10)14)16(2)11-6-4-3-5-7-11/h8-9,11H,3-7H2,1-2H3. The Morgan fingerprint density at radius 2 is 2.00 bits per heavy atom. The fourth-order valence-corrected chi connectivity index (χ4v) is 2.59. The lowest BCUT2D eigenvalue weighted by atomic mass is 9.94. The maximum Gasteiger partial charge on any atom is 0.128 e. The highest BCUT2D eigenvalue weighted by molar-refractivity contribution is 9.10. The van der Waals surface area contributed by atoms with Gasteiger partial charge in [-0.05, 0) is 47.3 Å². The second-order valence-electron chi connectivity index (χ2n) is 4.69. The molecule has 0 spiro atoms. The summed E-state index contributed by atoms with van der Waals surface area (Å²) in [7, 11) is 2.17. The summed E-state index contributed by atoms with van der Waals surface area (Å²) in [6, 6.07) is 2.85. The first kappa shape index (κ1) is 11.9. The Labute approximate surface area is 106 Å². The van der Waals surface area contributed by atoms with Crippen LogP contribution in [-0.4, -0.2) is 18.1 Å². The van der Waals surface area contributed by atoms with E-state index in [4.69, 9.17) is 0 Å². The molecule has 1 aromatic rings. The van der Waals surface area contributed by atoms with Crippen LogP contribution in [0.3, 0.4) is 0 Å². The highest BCUT2D eigenvalue weighted by Crippen LogP contribution is 2.26. The molecule has 1 saturated carbocycles. The molecular formula is C13H19BrN2. The normalized spacial score (nSPS) is 17.4. The zero-order chi connectivity index (χ0) is 11.5. The Bertz CT molecular complexity index is 359. The highest BCUT2D eigenvalue weighted by Gasteiger charge is 2.19. The van der Waals surface area contributed by atoms with Crippen molar-refractivity contribution in [1.29, 1.82) is 0 Å². The van der Waals surface area contributed by atoms with Crippen molar-refractivity contribution in [2.24, 2.45) is 0 Å². The van der Waals surface area contributed by atoms with Crippen molar-refractivity contribution in [3.05, 3.63) is 22.3 Å². The van der Waals surface area contributed by atoms with E-state index in [0.717, 1.165) is 10.3 Å². The van der Waals surface area contributed by atoms with Gasteiger partial charge in [0.25, 0.3) is 0 Å². The zero-order valence-corrected chi connectivity index (χ0v) is 11.6. The van der Waals surface area contributed by atoms with Crippen molar-refractivity contribution in [1.82, 2.24) is 4.98 Å². The van der Waals surface area contributed by atoms with Crippen molar-refractivity contribution in [2.75, 3.05) is 11.9 Å². The maximum atomic E-state index is 4.49. The molecule has 0 amide bonds. The smallest absolute Gasteiger partial charge is 0.128 e. The minimum atomic E-state index is 0.682. The number of nitrogens with zero attached hydrogens (tertiary/aromatic N) is 2. The average Bonchev–Trinajstić information content (AvgIpc) is 2.33. The van der Waals surface area contributed by atoms with Gasteiger partial charge in [0.2, 0.25) is 0 Å². The summed E-state index contributed by atoms with van der Waals surface area (Å²) in [5.41, 5.74) is 1.26. The molecule has 2 nitrogen and oxygen atoms in total. The molecule has 0 N–H and O–H groups in total. The number of rotatable bonds is 2. The van der Waals surface area contributed by atoms with Gasteiger partial charge in [0, 0.05) is 23.8 Å². The van der Waals surface area contributed by atoms with Gasteiger partial charge in [-0.2, -0.15) is 0 Å². The van der Waals surface area contributed by atoms with E-state index in [9.17, 15) is 0 Å². The number of halogens is 1. The van der Waals surface area contributed by atoms with Crippen LogP contribution in [0.25, 0.3) is 0 Å². The van der Waals surface area contributed by atoms with Crippen molar-refractivity contribution in [2.45, 2.75) is 45.1 Å². The third-order valence-corrected chi connectivity index (χ3v) is 4.35. The molecule has 1 heterocycles. The van der Waals surface area contributed by atoms with Crippen LogP contribution in [0.4, 0.5) is 5.82 Å². The summed E-state index contributed by atoms with van der Waals surface area (Å²) in [6.07, 6.45) is 8.66. The Kier molecular flexibility index (Phi) is 3.85. The molecule has 0 unspecified atom stereocenters. The van der Waals surface area contributed by atoms with Gasteiger partial charge in [-0.25, -0.2) is 4.98 Å². The van der Waals surface area contributed by atoms with Crippen LogP contribution in [0.1, 0.15) is 37.7 Å². The molecule has 1 fully saturated rings. The minimum Gasteiger partial charge on any atom is -0.357 e. The third kappa shape index (κ3) is 2.57. The molecule has 0 saturated heterocycles. The molecule has 0 aliphatic heterocycles. The zero-order valence-electron chi connectivity index (χ0n) is 10.0.